The molecule has 11 heavy (non-hydrogen) atoms. The summed E-state index contributed by atoms with van der Waals surface area (Å²) in [5.41, 5.74) is 2.56. The zero-order chi connectivity index (χ0) is 9.02. The zero-order valence-electron chi connectivity index (χ0n) is 8.06. The molecule has 0 radical (unpaired) electrons. The Morgan fingerprint density at radius 2 is 1.73 bits per heavy atom. The molecule has 0 aliphatic rings. The molecule has 0 atom stereocenters. The summed E-state index contributed by atoms with van der Waals surface area (Å²) in [7, 11) is 5.79. The summed E-state index contributed by atoms with van der Waals surface area (Å²) in [6.07, 6.45) is 2.09. The Morgan fingerprint density at radius 1 is 1.27 bits per heavy atom. The van der Waals surface area contributed by atoms with Crippen LogP contribution in [0, 0.1) is 7.05 Å². The fourth-order valence-corrected chi connectivity index (χ4v) is 1.15. The monoisotopic (exact) mass is 171 g/mol. The van der Waals surface area contributed by atoms with E-state index in [0.717, 1.165) is 0 Å². The molecule has 0 aromatic carbocycles. The van der Waals surface area contributed by atoms with Gasteiger partial charge in [0.25, 0.3) is 0 Å². The van der Waals surface area contributed by atoms with E-state index >= 15 is 0 Å². The van der Waals surface area contributed by atoms with Crippen LogP contribution in [0.25, 0.3) is 0 Å². The molecule has 0 fully saturated rings. The number of nitrogens with zero attached hydrogens (tertiary/aromatic N) is 1. The predicted octanol–water partition coefficient (Wildman–Crippen LogP) is 2.54. The normalized spacial score (nSPS) is 15.7. The van der Waals surface area contributed by atoms with Crippen LogP contribution in [0.3, 0.4) is 0 Å². The fourth-order valence-electron chi connectivity index (χ4n) is 0.694. The summed E-state index contributed by atoms with van der Waals surface area (Å²) in [4.78, 5) is 1.36. The second-order valence-corrected chi connectivity index (χ2v) is 3.69. The number of thioether (sulfide) groups is 1. The van der Waals surface area contributed by atoms with Gasteiger partial charge in [-0.3, -0.25) is 0 Å². The van der Waals surface area contributed by atoms with Crippen molar-refractivity contribution in [2.45, 2.75) is 20.8 Å². The average molecular weight is 171 g/mol. The molecule has 0 aliphatic heterocycles. The van der Waals surface area contributed by atoms with Gasteiger partial charge in [-0.2, -0.15) is 0 Å². The molecule has 0 aromatic heterocycles. The molecule has 2 heteroatoms. The molecule has 0 amide bonds. The Labute approximate surface area is 74.2 Å². The number of hydrogen-bond acceptors (Lipinski definition) is 1. The molecule has 0 N–H and O–H groups in total. The largest absolute Gasteiger partial charge is 0.368 e. The molecule has 1 nitrogen and oxygen atoms in total. The molecule has 0 saturated carbocycles. The first-order valence-corrected chi connectivity index (χ1v) is 4.82. The minimum absolute atomic E-state index is 1.23. The third-order valence-electron chi connectivity index (χ3n) is 1.95. The Hall–Kier alpha value is -0.370. The SMILES string of the molecule is [CH2-]/[N+](C)=C(C)\C(C)=C(\C)SC. The Balaban J connectivity index is 4.75. The fraction of sp³-hybridized carbons (Fsp3) is 0.556. The van der Waals surface area contributed by atoms with Crippen molar-refractivity contribution in [1.82, 2.24) is 0 Å². The molecule has 0 aromatic rings. The third kappa shape index (κ3) is 3.02. The van der Waals surface area contributed by atoms with Crippen molar-refractivity contribution in [2.75, 3.05) is 13.3 Å². The van der Waals surface area contributed by atoms with E-state index in [1.165, 1.54) is 16.2 Å². The third-order valence-corrected chi connectivity index (χ3v) is 2.87. The van der Waals surface area contributed by atoms with Gasteiger partial charge in [0.05, 0.1) is 0 Å². The molecule has 0 unspecified atom stereocenters. The molecular formula is C9H17NS. The first kappa shape index (κ1) is 10.6. The van der Waals surface area contributed by atoms with Crippen LogP contribution >= 0.6 is 11.8 Å². The molecule has 0 spiro atoms. The van der Waals surface area contributed by atoms with E-state index in [0.29, 0.717) is 0 Å². The van der Waals surface area contributed by atoms with E-state index in [1.807, 2.05) is 11.6 Å². The lowest BCUT2D eigenvalue weighted by atomic mass is 10.2. The van der Waals surface area contributed by atoms with E-state index in [-0.39, 0.29) is 0 Å². The van der Waals surface area contributed by atoms with Gasteiger partial charge in [0.1, 0.15) is 7.05 Å². The van der Waals surface area contributed by atoms with E-state index in [1.54, 1.807) is 11.8 Å². The summed E-state index contributed by atoms with van der Waals surface area (Å²) < 4.78 is 1.90. The average Bonchev–Trinajstić information content (AvgIpc) is 2.00. The highest BCUT2D eigenvalue weighted by Gasteiger charge is 1.97. The van der Waals surface area contributed by atoms with Gasteiger partial charge >= 0.3 is 0 Å². The van der Waals surface area contributed by atoms with Crippen molar-refractivity contribution in [3.63, 3.8) is 0 Å². The van der Waals surface area contributed by atoms with E-state index in [4.69, 9.17) is 0 Å². The van der Waals surface area contributed by atoms with Crippen LogP contribution in [0.4, 0.5) is 0 Å². The number of rotatable bonds is 2. The lowest BCUT2D eigenvalue weighted by Gasteiger charge is -2.09. The molecule has 64 valence electrons. The molecule has 0 rings (SSSR count). The van der Waals surface area contributed by atoms with Crippen molar-refractivity contribution < 1.29 is 4.58 Å². The summed E-state index contributed by atoms with van der Waals surface area (Å²) in [5, 5.41) is 0. The topological polar surface area (TPSA) is 3.01 Å². The molecule has 0 saturated heterocycles. The Kier molecular flexibility index (Phi) is 4.34. The highest BCUT2D eigenvalue weighted by Crippen LogP contribution is 2.16. The van der Waals surface area contributed by atoms with Gasteiger partial charge in [0, 0.05) is 5.71 Å². The summed E-state index contributed by atoms with van der Waals surface area (Å²) in [6, 6.07) is 0. The van der Waals surface area contributed by atoms with E-state index in [2.05, 4.69) is 34.1 Å². The van der Waals surface area contributed by atoms with E-state index in [9.17, 15) is 0 Å². The standard InChI is InChI=1S/C9H17NS/c1-7(9(3)11-6)8(2)10(4)5/h4H2,1-3,5-6H3/b9-7-. The van der Waals surface area contributed by atoms with Crippen LogP contribution in [0.15, 0.2) is 10.5 Å². The highest BCUT2D eigenvalue weighted by molar-refractivity contribution is 8.02. The molecule has 0 aliphatic carbocycles. The van der Waals surface area contributed by atoms with Gasteiger partial charge in [-0.15, -0.1) is 11.8 Å². The van der Waals surface area contributed by atoms with Crippen LogP contribution in [0.5, 0.6) is 0 Å². The highest BCUT2D eigenvalue weighted by atomic mass is 32.2. The molecule has 0 bridgehead atoms. The molecule has 0 heterocycles. The van der Waals surface area contributed by atoms with Gasteiger partial charge < -0.3 is 4.58 Å². The zero-order valence-corrected chi connectivity index (χ0v) is 8.88. The quantitative estimate of drug-likeness (QED) is 0.350. The first-order valence-electron chi connectivity index (χ1n) is 3.60. The van der Waals surface area contributed by atoms with Crippen molar-refractivity contribution >= 4 is 17.5 Å². The minimum atomic E-state index is 1.23. The van der Waals surface area contributed by atoms with Crippen LogP contribution in [0.2, 0.25) is 0 Å². The van der Waals surface area contributed by atoms with Gasteiger partial charge in [0.15, 0.2) is 0 Å². The number of allylic oxidation sites excluding steroid dienone is 2. The van der Waals surface area contributed by atoms with Gasteiger partial charge in [-0.1, -0.05) is 12.5 Å². The van der Waals surface area contributed by atoms with Crippen LogP contribution in [0.1, 0.15) is 20.8 Å². The van der Waals surface area contributed by atoms with E-state index < -0.39 is 0 Å². The van der Waals surface area contributed by atoms with Crippen molar-refractivity contribution in [1.29, 1.82) is 0 Å². The number of hydrogen-bond donors (Lipinski definition) is 0. The van der Waals surface area contributed by atoms with Crippen molar-refractivity contribution in [2.24, 2.45) is 0 Å². The first-order chi connectivity index (χ1) is 5.00. The Bertz CT molecular complexity index is 198. The van der Waals surface area contributed by atoms with Crippen LogP contribution < -0.4 is 0 Å². The lowest BCUT2D eigenvalue weighted by molar-refractivity contribution is -0.430. The summed E-state index contributed by atoms with van der Waals surface area (Å²) in [6.45, 7) is 6.35. The van der Waals surface area contributed by atoms with Crippen LogP contribution in [-0.4, -0.2) is 23.6 Å². The van der Waals surface area contributed by atoms with Gasteiger partial charge in [0.2, 0.25) is 0 Å². The summed E-state index contributed by atoms with van der Waals surface area (Å²) in [5.74, 6) is 0. The maximum atomic E-state index is 3.83. The van der Waals surface area contributed by atoms with Gasteiger partial charge in [-0.25, -0.2) is 0 Å². The lowest BCUT2D eigenvalue weighted by Crippen LogP contribution is -2.09. The Morgan fingerprint density at radius 3 is 2.00 bits per heavy atom. The second-order valence-electron chi connectivity index (χ2n) is 2.67. The predicted molar refractivity (Wildman–Crippen MR) is 54.1 cm³/mol. The minimum Gasteiger partial charge on any atom is -0.368 e. The smallest absolute Gasteiger partial charge is 0.105 e. The second kappa shape index (κ2) is 4.50. The molecular weight excluding hydrogens is 154 g/mol. The maximum absolute atomic E-state index is 3.83. The summed E-state index contributed by atoms with van der Waals surface area (Å²) >= 11 is 1.78. The van der Waals surface area contributed by atoms with Crippen LogP contribution in [-0.2, 0) is 0 Å². The maximum Gasteiger partial charge on any atom is 0.105 e. The van der Waals surface area contributed by atoms with Crippen molar-refractivity contribution in [3.8, 4) is 0 Å². The van der Waals surface area contributed by atoms with Crippen molar-refractivity contribution in [3.05, 3.63) is 17.5 Å². The van der Waals surface area contributed by atoms with Gasteiger partial charge in [-0.05, 0) is 32.1 Å².